The van der Waals surface area contributed by atoms with E-state index in [0.29, 0.717) is 0 Å². The summed E-state index contributed by atoms with van der Waals surface area (Å²) in [7, 11) is 0. The van der Waals surface area contributed by atoms with Crippen LogP contribution in [0.4, 0.5) is 39.5 Å². The monoisotopic (exact) mass is 458 g/mol. The molecule has 9 heteroatoms. The Labute approximate surface area is 174 Å². The van der Waals surface area contributed by atoms with Crippen molar-refractivity contribution in [1.29, 1.82) is 0 Å². The van der Waals surface area contributed by atoms with Gasteiger partial charge in [0.15, 0.2) is 0 Å². The smallest absolute Gasteiger partial charge is 0.166 e. The first-order valence-corrected chi connectivity index (χ1v) is 9.09. The third-order valence-corrected chi connectivity index (χ3v) is 5.14. The molecule has 4 rings (SSSR count). The van der Waals surface area contributed by atoms with Crippen molar-refractivity contribution < 1.29 is 39.5 Å². The first-order valence-electron chi connectivity index (χ1n) is 9.09. The van der Waals surface area contributed by atoms with Crippen molar-refractivity contribution in [2.24, 2.45) is 0 Å². The van der Waals surface area contributed by atoms with Gasteiger partial charge in [-0.15, -0.1) is 0 Å². The molecule has 0 aliphatic heterocycles. The highest BCUT2D eigenvalue weighted by molar-refractivity contribution is 6.07. The lowest BCUT2D eigenvalue weighted by atomic mass is 9.89. The first-order chi connectivity index (χ1) is 14.8. The number of benzene rings is 4. The van der Waals surface area contributed by atoms with Crippen LogP contribution in [0, 0.1) is 0 Å². The van der Waals surface area contributed by atoms with Crippen LogP contribution >= 0.6 is 0 Å². The Morgan fingerprint density at radius 3 is 1.31 bits per heavy atom. The fourth-order valence-corrected chi connectivity index (χ4v) is 3.82. The summed E-state index contributed by atoms with van der Waals surface area (Å²) in [6.07, 6.45) is -14.5. The maximum Gasteiger partial charge on any atom is 0.417 e. The molecule has 4 aromatic rings. The SMILES string of the molecule is FC(F)(F)c1ccc(-c2ccc3c(C(F)(F)F)c4ccccc4c(C(F)(F)F)c3c2)cc1. The third kappa shape index (κ3) is 3.76. The van der Waals surface area contributed by atoms with Crippen LogP contribution in [0.3, 0.4) is 0 Å². The van der Waals surface area contributed by atoms with E-state index in [1.807, 2.05) is 0 Å². The largest absolute Gasteiger partial charge is 0.417 e. The molecule has 166 valence electrons. The Morgan fingerprint density at radius 1 is 0.406 bits per heavy atom. The molecule has 32 heavy (non-hydrogen) atoms. The Hall–Kier alpha value is -3.23. The van der Waals surface area contributed by atoms with Crippen LogP contribution in [0.2, 0.25) is 0 Å². The maximum atomic E-state index is 14.0. The van der Waals surface area contributed by atoms with Gasteiger partial charge in [0.05, 0.1) is 16.7 Å². The average Bonchev–Trinajstić information content (AvgIpc) is 2.69. The molecule has 0 N–H and O–H groups in total. The summed E-state index contributed by atoms with van der Waals surface area (Å²) in [5, 5.41) is -2.51. The standard InChI is InChI=1S/C23H11F9/c24-21(25,26)14-8-5-12(6-9-14)13-7-10-17-18(11-13)20(23(30,31)32)16-4-2-1-3-15(16)19(17)22(27,28)29/h1-11H. The van der Waals surface area contributed by atoms with Crippen molar-refractivity contribution in [2.45, 2.75) is 18.5 Å². The van der Waals surface area contributed by atoms with Crippen molar-refractivity contribution in [3.05, 3.63) is 83.4 Å². The zero-order valence-corrected chi connectivity index (χ0v) is 15.8. The van der Waals surface area contributed by atoms with Gasteiger partial charge in [0.1, 0.15) is 0 Å². The van der Waals surface area contributed by atoms with Crippen molar-refractivity contribution >= 4 is 21.5 Å². The second-order valence-electron chi connectivity index (χ2n) is 7.13. The van der Waals surface area contributed by atoms with Crippen molar-refractivity contribution in [1.82, 2.24) is 0 Å². The zero-order valence-electron chi connectivity index (χ0n) is 15.8. The van der Waals surface area contributed by atoms with Crippen molar-refractivity contribution in [3.63, 3.8) is 0 Å². The molecule has 0 atom stereocenters. The summed E-state index contributed by atoms with van der Waals surface area (Å²) in [4.78, 5) is 0. The zero-order chi connectivity index (χ0) is 23.5. The van der Waals surface area contributed by atoms with Crippen LogP contribution in [0.1, 0.15) is 16.7 Å². The number of fused-ring (bicyclic) bond motifs is 2. The molecule has 0 fully saturated rings. The lowest BCUT2D eigenvalue weighted by Gasteiger charge is -2.20. The average molecular weight is 458 g/mol. The molecule has 0 unspecified atom stereocenters. The third-order valence-electron chi connectivity index (χ3n) is 5.14. The van der Waals surface area contributed by atoms with E-state index < -0.39 is 56.8 Å². The van der Waals surface area contributed by atoms with Gasteiger partial charge in [0, 0.05) is 0 Å². The Morgan fingerprint density at radius 2 is 0.844 bits per heavy atom. The molecule has 0 aliphatic rings. The molecule has 0 bridgehead atoms. The normalized spacial score (nSPS) is 13.2. The Kier molecular flexibility index (Phi) is 4.91. The van der Waals surface area contributed by atoms with Crippen LogP contribution in [-0.4, -0.2) is 0 Å². The van der Waals surface area contributed by atoms with E-state index >= 15 is 0 Å². The summed E-state index contributed by atoms with van der Waals surface area (Å²) in [5.74, 6) is 0. The van der Waals surface area contributed by atoms with E-state index in [1.54, 1.807) is 0 Å². The highest BCUT2D eigenvalue weighted by Gasteiger charge is 2.41. The molecule has 0 saturated carbocycles. The molecule has 0 saturated heterocycles. The predicted molar refractivity (Wildman–Crippen MR) is 102 cm³/mol. The second kappa shape index (κ2) is 7.15. The van der Waals surface area contributed by atoms with Gasteiger partial charge in [-0.1, -0.05) is 48.5 Å². The minimum Gasteiger partial charge on any atom is -0.166 e. The van der Waals surface area contributed by atoms with Gasteiger partial charge in [0.2, 0.25) is 0 Å². The van der Waals surface area contributed by atoms with Gasteiger partial charge < -0.3 is 0 Å². The minimum absolute atomic E-state index is 0.0557. The number of alkyl halides is 9. The molecule has 0 amide bonds. The van der Waals surface area contributed by atoms with Crippen LogP contribution in [0.15, 0.2) is 66.7 Å². The molecular formula is C23H11F9. The van der Waals surface area contributed by atoms with Gasteiger partial charge in [-0.2, -0.15) is 39.5 Å². The molecular weight excluding hydrogens is 447 g/mol. The Bertz CT molecular complexity index is 1310. The minimum atomic E-state index is -4.97. The summed E-state index contributed by atoms with van der Waals surface area (Å²) >= 11 is 0. The lowest BCUT2D eigenvalue weighted by molar-refractivity contribution is -0.137. The van der Waals surface area contributed by atoms with Crippen molar-refractivity contribution in [2.75, 3.05) is 0 Å². The number of hydrogen-bond donors (Lipinski definition) is 0. The topological polar surface area (TPSA) is 0 Å². The molecule has 0 aromatic heterocycles. The molecule has 0 heterocycles. The second-order valence-corrected chi connectivity index (χ2v) is 7.13. The van der Waals surface area contributed by atoms with Crippen LogP contribution in [-0.2, 0) is 18.5 Å². The molecule has 0 spiro atoms. The van der Waals surface area contributed by atoms with Gasteiger partial charge in [0.25, 0.3) is 0 Å². The van der Waals surface area contributed by atoms with Crippen LogP contribution < -0.4 is 0 Å². The van der Waals surface area contributed by atoms with E-state index in [1.165, 1.54) is 12.1 Å². The van der Waals surface area contributed by atoms with Crippen LogP contribution in [0.5, 0.6) is 0 Å². The first kappa shape index (κ1) is 22.0. The van der Waals surface area contributed by atoms with Gasteiger partial charge in [-0.25, -0.2) is 0 Å². The van der Waals surface area contributed by atoms with Crippen molar-refractivity contribution in [3.8, 4) is 11.1 Å². The molecule has 4 aromatic carbocycles. The van der Waals surface area contributed by atoms with Gasteiger partial charge in [-0.3, -0.25) is 0 Å². The van der Waals surface area contributed by atoms with E-state index in [4.69, 9.17) is 0 Å². The fraction of sp³-hybridized carbons (Fsp3) is 0.130. The van der Waals surface area contributed by atoms with Crippen LogP contribution in [0.25, 0.3) is 32.7 Å². The number of rotatable bonds is 1. The maximum absolute atomic E-state index is 14.0. The van der Waals surface area contributed by atoms with E-state index in [-0.39, 0.29) is 11.1 Å². The van der Waals surface area contributed by atoms with E-state index in [9.17, 15) is 39.5 Å². The summed E-state index contributed by atoms with van der Waals surface area (Å²) in [5.41, 5.74) is -3.20. The fourth-order valence-electron chi connectivity index (χ4n) is 3.82. The molecule has 0 radical (unpaired) electrons. The number of hydrogen-bond acceptors (Lipinski definition) is 0. The summed E-state index contributed by atoms with van der Waals surface area (Å²) in [6.45, 7) is 0. The quantitative estimate of drug-likeness (QED) is 0.198. The van der Waals surface area contributed by atoms with Gasteiger partial charge in [-0.05, 0) is 50.9 Å². The predicted octanol–water partition coefficient (Wildman–Crippen LogP) is 8.72. The summed E-state index contributed by atoms with van der Waals surface area (Å²) in [6, 6.07) is 11.0. The lowest BCUT2D eigenvalue weighted by Crippen LogP contribution is -2.12. The number of halogens is 9. The highest BCUT2D eigenvalue weighted by Crippen LogP contribution is 2.47. The highest BCUT2D eigenvalue weighted by atomic mass is 19.4. The van der Waals surface area contributed by atoms with E-state index in [2.05, 4.69) is 0 Å². The van der Waals surface area contributed by atoms with Gasteiger partial charge >= 0.3 is 18.5 Å². The van der Waals surface area contributed by atoms with E-state index in [0.717, 1.165) is 54.6 Å². The summed E-state index contributed by atoms with van der Waals surface area (Å²) < 4.78 is 122. The molecule has 0 nitrogen and oxygen atoms in total. The Balaban J connectivity index is 2.07. The molecule has 0 aliphatic carbocycles.